The number of ether oxygens (including phenoxy) is 1. The monoisotopic (exact) mass is 226 g/mol. The predicted octanol–water partition coefficient (Wildman–Crippen LogP) is 0.895. The van der Waals surface area contributed by atoms with Crippen molar-refractivity contribution in [2.45, 2.75) is 50.7 Å². The van der Waals surface area contributed by atoms with E-state index in [4.69, 9.17) is 10.5 Å². The molecule has 0 aromatic rings. The molecule has 0 bridgehead atoms. The van der Waals surface area contributed by atoms with Crippen molar-refractivity contribution in [3.8, 4) is 0 Å². The van der Waals surface area contributed by atoms with Crippen molar-refractivity contribution in [1.29, 1.82) is 0 Å². The van der Waals surface area contributed by atoms with Crippen molar-refractivity contribution in [3.63, 3.8) is 0 Å². The van der Waals surface area contributed by atoms with E-state index in [1.165, 1.54) is 6.42 Å². The number of nitrogens with zero attached hydrogens (tertiary/aromatic N) is 1. The Labute approximate surface area is 97.1 Å². The first-order valence-corrected chi connectivity index (χ1v) is 6.44. The van der Waals surface area contributed by atoms with Gasteiger partial charge < -0.3 is 15.4 Å². The van der Waals surface area contributed by atoms with Crippen molar-refractivity contribution < 1.29 is 9.53 Å². The highest BCUT2D eigenvalue weighted by Crippen LogP contribution is 2.30. The number of nitrogens with two attached hydrogens (primary N) is 1. The van der Waals surface area contributed by atoms with Crippen molar-refractivity contribution >= 4 is 5.91 Å². The summed E-state index contributed by atoms with van der Waals surface area (Å²) in [4.78, 5) is 14.1. The van der Waals surface area contributed by atoms with Crippen LogP contribution < -0.4 is 5.73 Å². The largest absolute Gasteiger partial charge is 0.374 e. The van der Waals surface area contributed by atoms with Crippen molar-refractivity contribution in [1.82, 2.24) is 4.90 Å². The van der Waals surface area contributed by atoms with Gasteiger partial charge in [-0.15, -0.1) is 0 Å². The van der Waals surface area contributed by atoms with Gasteiger partial charge in [0.15, 0.2) is 0 Å². The average Bonchev–Trinajstić information content (AvgIpc) is 2.76. The molecule has 2 rings (SSSR count). The molecule has 16 heavy (non-hydrogen) atoms. The first kappa shape index (κ1) is 11.9. The number of fused-ring (bicyclic) bond motifs is 1. The van der Waals surface area contributed by atoms with Gasteiger partial charge in [-0.3, -0.25) is 4.79 Å². The summed E-state index contributed by atoms with van der Waals surface area (Å²) < 4.78 is 5.69. The van der Waals surface area contributed by atoms with Crippen LogP contribution in [0.25, 0.3) is 0 Å². The van der Waals surface area contributed by atoms with E-state index < -0.39 is 0 Å². The van der Waals surface area contributed by atoms with Crippen LogP contribution in [0.4, 0.5) is 0 Å². The lowest BCUT2D eigenvalue weighted by Gasteiger charge is -2.37. The Morgan fingerprint density at radius 1 is 1.38 bits per heavy atom. The second kappa shape index (κ2) is 5.64. The molecule has 2 atom stereocenters. The van der Waals surface area contributed by atoms with E-state index in [9.17, 15) is 4.79 Å². The second-order valence-electron chi connectivity index (χ2n) is 4.74. The van der Waals surface area contributed by atoms with Gasteiger partial charge in [0.1, 0.15) is 0 Å². The first-order chi connectivity index (χ1) is 7.83. The van der Waals surface area contributed by atoms with Crippen LogP contribution in [-0.4, -0.2) is 42.6 Å². The Balaban J connectivity index is 1.84. The molecule has 2 fully saturated rings. The number of morpholine rings is 1. The fraction of sp³-hybridized carbons (Fsp3) is 0.917. The van der Waals surface area contributed by atoms with Crippen LogP contribution in [0.15, 0.2) is 0 Å². The molecule has 2 N–H and O–H groups in total. The number of carbonyl (C=O) groups is 1. The maximum atomic E-state index is 12.0. The number of unbranched alkanes of at least 4 members (excludes halogenated alkanes) is 1. The Hall–Kier alpha value is -0.610. The molecule has 1 aliphatic carbocycles. The minimum absolute atomic E-state index is 0.300. The molecule has 2 unspecified atom stereocenters. The summed E-state index contributed by atoms with van der Waals surface area (Å²) in [5.74, 6) is 0.300. The molecule has 1 aliphatic heterocycles. The smallest absolute Gasteiger partial charge is 0.222 e. The lowest BCUT2D eigenvalue weighted by molar-refractivity contribution is -0.144. The number of hydrogen-bond acceptors (Lipinski definition) is 3. The van der Waals surface area contributed by atoms with Gasteiger partial charge in [0.2, 0.25) is 5.91 Å². The Kier molecular flexibility index (Phi) is 4.18. The van der Waals surface area contributed by atoms with E-state index in [0.717, 1.165) is 32.2 Å². The Bertz CT molecular complexity index is 245. The van der Waals surface area contributed by atoms with Gasteiger partial charge in [-0.2, -0.15) is 0 Å². The molecule has 1 saturated carbocycles. The van der Waals surface area contributed by atoms with E-state index in [2.05, 4.69) is 4.90 Å². The summed E-state index contributed by atoms with van der Waals surface area (Å²) in [6.45, 7) is 2.18. The topological polar surface area (TPSA) is 55.6 Å². The van der Waals surface area contributed by atoms with Crippen molar-refractivity contribution in [2.75, 3.05) is 19.7 Å². The molecule has 92 valence electrons. The zero-order chi connectivity index (χ0) is 11.4. The van der Waals surface area contributed by atoms with Crippen LogP contribution in [0.2, 0.25) is 0 Å². The van der Waals surface area contributed by atoms with Gasteiger partial charge in [0, 0.05) is 13.0 Å². The Morgan fingerprint density at radius 2 is 2.25 bits per heavy atom. The van der Waals surface area contributed by atoms with Gasteiger partial charge in [0.25, 0.3) is 0 Å². The molecular weight excluding hydrogens is 204 g/mol. The molecule has 0 spiro atoms. The number of hydrogen-bond donors (Lipinski definition) is 1. The van der Waals surface area contributed by atoms with Crippen LogP contribution in [0.5, 0.6) is 0 Å². The molecule has 2 aliphatic rings. The molecule has 1 amide bonds. The third kappa shape index (κ3) is 2.55. The van der Waals surface area contributed by atoms with Crippen LogP contribution in [0, 0.1) is 0 Å². The molecule has 4 heteroatoms. The molecule has 0 aromatic carbocycles. The lowest BCUT2D eigenvalue weighted by Crippen LogP contribution is -2.51. The maximum absolute atomic E-state index is 12.0. The minimum atomic E-state index is 0.300. The first-order valence-electron chi connectivity index (χ1n) is 6.44. The highest BCUT2D eigenvalue weighted by Gasteiger charge is 2.37. The number of amides is 1. The summed E-state index contributed by atoms with van der Waals surface area (Å²) in [5.41, 5.74) is 5.43. The molecule has 4 nitrogen and oxygen atoms in total. The summed E-state index contributed by atoms with van der Waals surface area (Å²) in [5, 5.41) is 0. The fourth-order valence-corrected chi connectivity index (χ4v) is 2.80. The summed E-state index contributed by atoms with van der Waals surface area (Å²) in [6.07, 6.45) is 6.27. The van der Waals surface area contributed by atoms with Crippen molar-refractivity contribution in [3.05, 3.63) is 0 Å². The van der Waals surface area contributed by atoms with E-state index in [0.29, 0.717) is 37.6 Å². The molecule has 0 radical (unpaired) electrons. The maximum Gasteiger partial charge on any atom is 0.222 e. The quantitative estimate of drug-likeness (QED) is 0.724. The number of rotatable bonds is 4. The van der Waals surface area contributed by atoms with Crippen molar-refractivity contribution in [2.24, 2.45) is 5.73 Å². The van der Waals surface area contributed by atoms with E-state index in [1.54, 1.807) is 0 Å². The molecule has 1 heterocycles. The lowest BCUT2D eigenvalue weighted by atomic mass is 10.1. The molecular formula is C12H22N2O2. The van der Waals surface area contributed by atoms with Crippen LogP contribution in [0.3, 0.4) is 0 Å². The average molecular weight is 226 g/mol. The van der Waals surface area contributed by atoms with Gasteiger partial charge in [-0.1, -0.05) is 0 Å². The van der Waals surface area contributed by atoms with Gasteiger partial charge in [0.05, 0.1) is 18.8 Å². The third-order valence-corrected chi connectivity index (χ3v) is 3.65. The predicted molar refractivity (Wildman–Crippen MR) is 62.0 cm³/mol. The molecule has 1 saturated heterocycles. The number of carbonyl (C=O) groups excluding carboxylic acids is 1. The van der Waals surface area contributed by atoms with Crippen LogP contribution in [-0.2, 0) is 9.53 Å². The second-order valence-corrected chi connectivity index (χ2v) is 4.74. The zero-order valence-electron chi connectivity index (χ0n) is 9.86. The fourth-order valence-electron chi connectivity index (χ4n) is 2.80. The van der Waals surface area contributed by atoms with E-state index in [-0.39, 0.29) is 0 Å². The van der Waals surface area contributed by atoms with Gasteiger partial charge in [-0.25, -0.2) is 0 Å². The van der Waals surface area contributed by atoms with Crippen LogP contribution >= 0.6 is 0 Å². The Morgan fingerprint density at radius 3 is 3.06 bits per heavy atom. The van der Waals surface area contributed by atoms with Gasteiger partial charge in [-0.05, 0) is 38.6 Å². The standard InChI is InChI=1S/C12H22N2O2/c13-7-2-1-6-12(15)14-8-9-16-11-5-3-4-10(11)14/h10-11H,1-9,13H2. The highest BCUT2D eigenvalue weighted by atomic mass is 16.5. The normalized spacial score (nSPS) is 29.2. The third-order valence-electron chi connectivity index (χ3n) is 3.65. The molecule has 0 aromatic heterocycles. The van der Waals surface area contributed by atoms with Crippen LogP contribution in [0.1, 0.15) is 38.5 Å². The van der Waals surface area contributed by atoms with Gasteiger partial charge >= 0.3 is 0 Å². The zero-order valence-corrected chi connectivity index (χ0v) is 9.86. The van der Waals surface area contributed by atoms with E-state index in [1.807, 2.05) is 0 Å². The summed E-state index contributed by atoms with van der Waals surface area (Å²) in [7, 11) is 0. The SMILES string of the molecule is NCCCCC(=O)N1CCOC2CCCC21. The highest BCUT2D eigenvalue weighted by molar-refractivity contribution is 5.76. The summed E-state index contributed by atoms with van der Waals surface area (Å²) in [6, 6.07) is 0.360. The summed E-state index contributed by atoms with van der Waals surface area (Å²) >= 11 is 0. The van der Waals surface area contributed by atoms with E-state index >= 15 is 0 Å². The minimum Gasteiger partial charge on any atom is -0.374 e.